The van der Waals surface area contributed by atoms with Gasteiger partial charge in [-0.1, -0.05) is 30.3 Å². The van der Waals surface area contributed by atoms with Gasteiger partial charge in [0.15, 0.2) is 9.84 Å². The van der Waals surface area contributed by atoms with Crippen LogP contribution in [0.25, 0.3) is 0 Å². The van der Waals surface area contributed by atoms with E-state index >= 15 is 0 Å². The molecule has 7 heteroatoms. The van der Waals surface area contributed by atoms with Gasteiger partial charge in [0, 0.05) is 39.2 Å². The largest absolute Gasteiger partial charge is 0.341 e. The minimum Gasteiger partial charge on any atom is -0.341 e. The van der Waals surface area contributed by atoms with E-state index < -0.39 is 15.1 Å². The van der Waals surface area contributed by atoms with E-state index in [0.29, 0.717) is 19.5 Å². The molecule has 2 amide bonds. The van der Waals surface area contributed by atoms with Crippen molar-refractivity contribution in [3.8, 4) is 0 Å². The van der Waals surface area contributed by atoms with Gasteiger partial charge in [0.25, 0.3) is 0 Å². The van der Waals surface area contributed by atoms with Crippen LogP contribution < -0.4 is 4.90 Å². The number of carbonyl (C=O) groups excluding carboxylic acids is 2. The Bertz CT molecular complexity index is 1020. The molecular weight excluding hydrogens is 388 g/mol. The van der Waals surface area contributed by atoms with Crippen molar-refractivity contribution in [2.75, 3.05) is 18.5 Å². The molecule has 6 nitrogen and oxygen atoms in total. The summed E-state index contributed by atoms with van der Waals surface area (Å²) in [5, 5.41) is -0.836. The van der Waals surface area contributed by atoms with Gasteiger partial charge in [-0.15, -0.1) is 0 Å². The molecule has 0 fully saturated rings. The third kappa shape index (κ3) is 4.50. The molecular formula is C22H26N2O4S. The molecule has 0 spiro atoms. The van der Waals surface area contributed by atoms with E-state index in [1.807, 2.05) is 30.3 Å². The van der Waals surface area contributed by atoms with Crippen LogP contribution in [0.1, 0.15) is 31.4 Å². The zero-order valence-electron chi connectivity index (χ0n) is 17.0. The molecule has 0 N–H and O–H groups in total. The lowest BCUT2D eigenvalue weighted by Gasteiger charge is -2.20. The number of nitrogens with zero attached hydrogens (tertiary/aromatic N) is 2. The van der Waals surface area contributed by atoms with Crippen LogP contribution in [0.4, 0.5) is 5.69 Å². The molecule has 2 aromatic carbocycles. The Balaban J connectivity index is 1.71. The maximum Gasteiger partial charge on any atom is 0.223 e. The molecule has 0 saturated heterocycles. The number of anilines is 1. The standard InChI is InChI=1S/C22H26N2O4S/c1-16(13-22(26)23(3)15-18-7-5-4-6-8-18)29(27,28)20-9-10-21-19(14-20)11-12-24(21)17(2)25/h4-10,14,16H,11-13,15H2,1-3H3/t16-/m1/s1. The molecule has 0 aromatic heterocycles. The van der Waals surface area contributed by atoms with Crippen LogP contribution in [0.3, 0.4) is 0 Å². The number of hydrogen-bond acceptors (Lipinski definition) is 4. The lowest BCUT2D eigenvalue weighted by atomic mass is 10.2. The summed E-state index contributed by atoms with van der Waals surface area (Å²) in [5.74, 6) is -0.270. The molecule has 1 aliphatic heterocycles. The molecule has 29 heavy (non-hydrogen) atoms. The number of carbonyl (C=O) groups is 2. The first kappa shape index (κ1) is 21.0. The van der Waals surface area contributed by atoms with E-state index in [1.165, 1.54) is 13.0 Å². The highest BCUT2D eigenvalue weighted by Crippen LogP contribution is 2.31. The number of benzene rings is 2. The zero-order chi connectivity index (χ0) is 21.2. The van der Waals surface area contributed by atoms with Crippen LogP contribution in [-0.2, 0) is 32.4 Å². The molecule has 0 saturated carbocycles. The second-order valence-corrected chi connectivity index (χ2v) is 9.87. The van der Waals surface area contributed by atoms with Crippen LogP contribution in [0.15, 0.2) is 53.4 Å². The molecule has 0 radical (unpaired) electrons. The first-order valence-corrected chi connectivity index (χ1v) is 11.2. The number of hydrogen-bond donors (Lipinski definition) is 0. The monoisotopic (exact) mass is 414 g/mol. The summed E-state index contributed by atoms with van der Waals surface area (Å²) in [6, 6.07) is 14.4. The fourth-order valence-corrected chi connectivity index (χ4v) is 4.96. The van der Waals surface area contributed by atoms with Gasteiger partial charge < -0.3 is 9.80 Å². The fourth-order valence-electron chi connectivity index (χ4n) is 3.57. The predicted octanol–water partition coefficient (Wildman–Crippen LogP) is 2.81. The van der Waals surface area contributed by atoms with Gasteiger partial charge in [0.1, 0.15) is 0 Å². The molecule has 154 valence electrons. The van der Waals surface area contributed by atoms with Crippen molar-refractivity contribution in [3.05, 3.63) is 59.7 Å². The molecule has 3 rings (SSSR count). The summed E-state index contributed by atoms with van der Waals surface area (Å²) in [6.07, 6.45) is 0.549. The summed E-state index contributed by atoms with van der Waals surface area (Å²) >= 11 is 0. The summed E-state index contributed by atoms with van der Waals surface area (Å²) in [7, 11) is -1.97. The van der Waals surface area contributed by atoms with E-state index in [1.54, 1.807) is 35.9 Å². The molecule has 1 heterocycles. The average Bonchev–Trinajstić information content (AvgIpc) is 3.12. The van der Waals surface area contributed by atoms with Crippen molar-refractivity contribution in [1.29, 1.82) is 0 Å². The Hall–Kier alpha value is -2.67. The van der Waals surface area contributed by atoms with Crippen LogP contribution in [0.5, 0.6) is 0 Å². The van der Waals surface area contributed by atoms with Crippen molar-refractivity contribution < 1.29 is 18.0 Å². The zero-order valence-corrected chi connectivity index (χ0v) is 17.8. The Labute approximate surface area is 172 Å². The summed E-state index contributed by atoms with van der Waals surface area (Å²) in [6.45, 7) is 4.07. The van der Waals surface area contributed by atoms with E-state index in [0.717, 1.165) is 16.8 Å². The second-order valence-electron chi connectivity index (χ2n) is 7.51. The lowest BCUT2D eigenvalue weighted by Crippen LogP contribution is -2.31. The molecule has 1 aliphatic rings. The minimum absolute atomic E-state index is 0.0558. The lowest BCUT2D eigenvalue weighted by molar-refractivity contribution is -0.130. The fraction of sp³-hybridized carbons (Fsp3) is 0.364. The highest BCUT2D eigenvalue weighted by Gasteiger charge is 2.29. The van der Waals surface area contributed by atoms with Crippen LogP contribution in [0.2, 0.25) is 0 Å². The molecule has 0 bridgehead atoms. The molecule has 2 aromatic rings. The first-order valence-electron chi connectivity index (χ1n) is 9.63. The smallest absolute Gasteiger partial charge is 0.223 e. The van der Waals surface area contributed by atoms with Gasteiger partial charge >= 0.3 is 0 Å². The van der Waals surface area contributed by atoms with Gasteiger partial charge in [0.05, 0.1) is 10.1 Å². The van der Waals surface area contributed by atoms with Gasteiger partial charge in [0.2, 0.25) is 11.8 Å². The topological polar surface area (TPSA) is 74.8 Å². The van der Waals surface area contributed by atoms with E-state index in [-0.39, 0.29) is 23.1 Å². The summed E-state index contributed by atoms with van der Waals surface area (Å²) in [4.78, 5) is 27.6. The third-order valence-corrected chi connectivity index (χ3v) is 7.47. The Kier molecular flexibility index (Phi) is 6.07. The quantitative estimate of drug-likeness (QED) is 0.729. The van der Waals surface area contributed by atoms with Gasteiger partial charge in [-0.25, -0.2) is 8.42 Å². The first-order chi connectivity index (χ1) is 13.7. The van der Waals surface area contributed by atoms with Crippen LogP contribution >= 0.6 is 0 Å². The van der Waals surface area contributed by atoms with Crippen molar-refractivity contribution in [1.82, 2.24) is 4.90 Å². The molecule has 1 atom stereocenters. The Morgan fingerprint density at radius 1 is 1.14 bits per heavy atom. The van der Waals surface area contributed by atoms with Crippen LogP contribution in [0, 0.1) is 0 Å². The van der Waals surface area contributed by atoms with Crippen molar-refractivity contribution in [3.63, 3.8) is 0 Å². The van der Waals surface area contributed by atoms with Crippen molar-refractivity contribution in [2.45, 2.75) is 43.4 Å². The highest BCUT2D eigenvalue weighted by atomic mass is 32.2. The van der Waals surface area contributed by atoms with Crippen LogP contribution in [-0.4, -0.2) is 44.0 Å². The van der Waals surface area contributed by atoms with Crippen molar-refractivity contribution >= 4 is 27.3 Å². The molecule has 0 aliphatic carbocycles. The average molecular weight is 415 g/mol. The Morgan fingerprint density at radius 2 is 1.83 bits per heavy atom. The Morgan fingerprint density at radius 3 is 2.48 bits per heavy atom. The maximum absolute atomic E-state index is 13.0. The number of fused-ring (bicyclic) bond motifs is 1. The summed E-state index contributed by atoms with van der Waals surface area (Å²) < 4.78 is 26.0. The van der Waals surface area contributed by atoms with E-state index in [4.69, 9.17) is 0 Å². The minimum atomic E-state index is -3.65. The van der Waals surface area contributed by atoms with E-state index in [9.17, 15) is 18.0 Å². The number of rotatable bonds is 6. The highest BCUT2D eigenvalue weighted by molar-refractivity contribution is 7.92. The number of sulfone groups is 1. The second kappa shape index (κ2) is 8.37. The van der Waals surface area contributed by atoms with Gasteiger partial charge in [-0.3, -0.25) is 9.59 Å². The summed E-state index contributed by atoms with van der Waals surface area (Å²) in [5.41, 5.74) is 2.61. The number of amides is 2. The molecule has 0 unspecified atom stereocenters. The van der Waals surface area contributed by atoms with E-state index in [2.05, 4.69) is 0 Å². The third-order valence-electron chi connectivity index (χ3n) is 5.34. The van der Waals surface area contributed by atoms with Crippen molar-refractivity contribution in [2.24, 2.45) is 0 Å². The SMILES string of the molecule is CC(=O)N1CCc2cc(S(=O)(=O)[C@H](C)CC(=O)N(C)Cc3ccccc3)ccc21. The maximum atomic E-state index is 13.0. The van der Waals surface area contributed by atoms with Gasteiger partial charge in [-0.2, -0.15) is 0 Å². The normalized spacial score (nSPS) is 14.4. The van der Waals surface area contributed by atoms with Gasteiger partial charge in [-0.05, 0) is 42.7 Å². The predicted molar refractivity (Wildman–Crippen MR) is 112 cm³/mol.